The highest BCUT2D eigenvalue weighted by Crippen LogP contribution is 2.33. The molecule has 2 fully saturated rings. The van der Waals surface area contributed by atoms with Crippen molar-refractivity contribution in [1.82, 2.24) is 10.2 Å². The van der Waals surface area contributed by atoms with Crippen LogP contribution in [-0.2, 0) is 4.79 Å². The van der Waals surface area contributed by atoms with Gasteiger partial charge in [0.2, 0.25) is 5.91 Å². The molecular weight excluding hydrogens is 200 g/mol. The monoisotopic (exact) mass is 224 g/mol. The lowest BCUT2D eigenvalue weighted by Crippen LogP contribution is -2.43. The Balaban J connectivity index is 1.82. The second-order valence-electron chi connectivity index (χ2n) is 5.51. The van der Waals surface area contributed by atoms with Crippen LogP contribution in [0.1, 0.15) is 39.5 Å². The highest BCUT2D eigenvalue weighted by Gasteiger charge is 2.35. The highest BCUT2D eigenvalue weighted by molar-refractivity contribution is 5.78. The summed E-state index contributed by atoms with van der Waals surface area (Å²) in [6.45, 7) is 7.35. The van der Waals surface area contributed by atoms with E-state index in [0.717, 1.165) is 32.0 Å². The van der Waals surface area contributed by atoms with Gasteiger partial charge in [-0.25, -0.2) is 0 Å². The van der Waals surface area contributed by atoms with E-state index in [-0.39, 0.29) is 0 Å². The summed E-state index contributed by atoms with van der Waals surface area (Å²) in [5, 5.41) is 3.60. The van der Waals surface area contributed by atoms with Crippen molar-refractivity contribution in [2.24, 2.45) is 11.8 Å². The minimum absolute atomic E-state index is 0.358. The Labute approximate surface area is 98.6 Å². The molecule has 1 heterocycles. The molecule has 2 aliphatic rings. The number of nitrogens with one attached hydrogen (secondary N) is 1. The van der Waals surface area contributed by atoms with Gasteiger partial charge in [-0.15, -0.1) is 0 Å². The number of carbonyl (C=O) groups is 1. The third-order valence-electron chi connectivity index (χ3n) is 3.67. The molecule has 0 aromatic carbocycles. The summed E-state index contributed by atoms with van der Waals surface area (Å²) in [6.07, 6.45) is 4.62. The van der Waals surface area contributed by atoms with Crippen LogP contribution in [0.3, 0.4) is 0 Å². The van der Waals surface area contributed by atoms with Crippen molar-refractivity contribution in [3.63, 3.8) is 0 Å². The molecule has 1 saturated heterocycles. The Bertz CT molecular complexity index is 250. The van der Waals surface area contributed by atoms with E-state index in [1.165, 1.54) is 19.3 Å². The smallest absolute Gasteiger partial charge is 0.222 e. The minimum atomic E-state index is 0.358. The van der Waals surface area contributed by atoms with Gasteiger partial charge >= 0.3 is 0 Å². The van der Waals surface area contributed by atoms with E-state index in [9.17, 15) is 4.79 Å². The molecule has 2 unspecified atom stereocenters. The van der Waals surface area contributed by atoms with E-state index < -0.39 is 0 Å². The van der Waals surface area contributed by atoms with Gasteiger partial charge in [0.05, 0.1) is 0 Å². The van der Waals surface area contributed by atoms with Crippen LogP contribution in [0, 0.1) is 11.8 Å². The van der Waals surface area contributed by atoms with Crippen LogP contribution in [0.5, 0.6) is 0 Å². The predicted octanol–water partition coefficient (Wildman–Crippen LogP) is 1.63. The van der Waals surface area contributed by atoms with Crippen LogP contribution in [0.2, 0.25) is 0 Å². The molecule has 0 aromatic heterocycles. The molecule has 16 heavy (non-hydrogen) atoms. The van der Waals surface area contributed by atoms with E-state index in [2.05, 4.69) is 24.1 Å². The molecule has 0 aromatic rings. The van der Waals surface area contributed by atoms with E-state index in [1.807, 2.05) is 0 Å². The van der Waals surface area contributed by atoms with Crippen LogP contribution in [0.15, 0.2) is 0 Å². The maximum Gasteiger partial charge on any atom is 0.222 e. The number of hydrogen-bond donors (Lipinski definition) is 1. The fraction of sp³-hybridized carbons (Fsp3) is 0.923. The van der Waals surface area contributed by atoms with Crippen molar-refractivity contribution in [3.05, 3.63) is 0 Å². The van der Waals surface area contributed by atoms with E-state index in [1.54, 1.807) is 0 Å². The van der Waals surface area contributed by atoms with Crippen molar-refractivity contribution >= 4 is 5.91 Å². The van der Waals surface area contributed by atoms with E-state index in [4.69, 9.17) is 0 Å². The van der Waals surface area contributed by atoms with Crippen molar-refractivity contribution in [3.8, 4) is 0 Å². The Morgan fingerprint density at radius 2 is 2.25 bits per heavy atom. The molecular formula is C13H24N2O. The fourth-order valence-electron chi connectivity index (χ4n) is 2.59. The number of amides is 1. The summed E-state index contributed by atoms with van der Waals surface area (Å²) in [7, 11) is 0. The fourth-order valence-corrected chi connectivity index (χ4v) is 2.59. The maximum atomic E-state index is 11.7. The molecule has 1 saturated carbocycles. The average molecular weight is 224 g/mol. The van der Waals surface area contributed by atoms with Crippen LogP contribution in [0.25, 0.3) is 0 Å². The van der Waals surface area contributed by atoms with Crippen molar-refractivity contribution in [2.45, 2.75) is 45.6 Å². The normalized spacial score (nSPS) is 27.5. The lowest BCUT2D eigenvalue weighted by molar-refractivity contribution is -0.128. The highest BCUT2D eigenvalue weighted by atomic mass is 16.2. The number of carbonyl (C=O) groups excluding carboxylic acids is 1. The molecule has 1 aliphatic heterocycles. The molecule has 1 aliphatic carbocycles. The van der Waals surface area contributed by atoms with E-state index >= 15 is 0 Å². The Morgan fingerprint density at radius 3 is 2.75 bits per heavy atom. The zero-order valence-electron chi connectivity index (χ0n) is 10.5. The Morgan fingerprint density at radius 1 is 1.50 bits per heavy atom. The minimum Gasteiger partial charge on any atom is -0.341 e. The molecule has 1 N–H and O–H groups in total. The summed E-state index contributed by atoms with van der Waals surface area (Å²) >= 11 is 0. The zero-order chi connectivity index (χ0) is 11.5. The molecule has 92 valence electrons. The van der Waals surface area contributed by atoms with Crippen LogP contribution >= 0.6 is 0 Å². The third kappa shape index (κ3) is 2.97. The Hall–Kier alpha value is -0.570. The quantitative estimate of drug-likeness (QED) is 0.744. The molecule has 0 radical (unpaired) electrons. The maximum absolute atomic E-state index is 11.7. The van der Waals surface area contributed by atoms with Gasteiger partial charge < -0.3 is 10.2 Å². The van der Waals surface area contributed by atoms with Gasteiger partial charge in [0.1, 0.15) is 0 Å². The molecule has 0 spiro atoms. The predicted molar refractivity (Wildman–Crippen MR) is 65.2 cm³/mol. The van der Waals surface area contributed by atoms with Gasteiger partial charge in [-0.2, -0.15) is 0 Å². The molecule has 0 bridgehead atoms. The number of hydrogen-bond acceptors (Lipinski definition) is 2. The summed E-state index contributed by atoms with van der Waals surface area (Å²) in [5.74, 6) is 1.74. The van der Waals surface area contributed by atoms with Gasteiger partial charge in [-0.05, 0) is 37.6 Å². The first-order chi connectivity index (χ1) is 7.70. The summed E-state index contributed by atoms with van der Waals surface area (Å²) in [5.41, 5.74) is 0. The lowest BCUT2D eigenvalue weighted by atomic mass is 10.1. The first-order valence-corrected chi connectivity index (χ1v) is 6.72. The molecule has 2 rings (SSSR count). The summed E-state index contributed by atoms with van der Waals surface area (Å²) < 4.78 is 0. The number of likely N-dealkylation sites (tertiary alicyclic amines) is 1. The number of nitrogens with zero attached hydrogens (tertiary/aromatic N) is 1. The SMILES string of the molecule is CCCNC(CN1CC(C)CC1=O)C1CC1. The van der Waals surface area contributed by atoms with Crippen LogP contribution < -0.4 is 5.32 Å². The Kier molecular flexibility index (Phi) is 3.85. The van der Waals surface area contributed by atoms with Crippen molar-refractivity contribution in [1.29, 1.82) is 0 Å². The van der Waals surface area contributed by atoms with E-state index in [0.29, 0.717) is 17.9 Å². The summed E-state index contributed by atoms with van der Waals surface area (Å²) in [4.78, 5) is 13.8. The van der Waals surface area contributed by atoms with Gasteiger partial charge in [0.25, 0.3) is 0 Å². The zero-order valence-corrected chi connectivity index (χ0v) is 10.5. The van der Waals surface area contributed by atoms with Gasteiger partial charge in [-0.3, -0.25) is 4.79 Å². The van der Waals surface area contributed by atoms with Gasteiger partial charge in [-0.1, -0.05) is 13.8 Å². The summed E-state index contributed by atoms with van der Waals surface area (Å²) in [6, 6.07) is 0.550. The topological polar surface area (TPSA) is 32.3 Å². The molecule has 2 atom stereocenters. The van der Waals surface area contributed by atoms with Crippen molar-refractivity contribution in [2.75, 3.05) is 19.6 Å². The molecule has 3 nitrogen and oxygen atoms in total. The van der Waals surface area contributed by atoms with Crippen LogP contribution in [-0.4, -0.2) is 36.5 Å². The average Bonchev–Trinajstić information content (AvgIpc) is 3.01. The second kappa shape index (κ2) is 5.17. The molecule has 3 heteroatoms. The standard InChI is InChI=1S/C13H24N2O/c1-3-6-14-12(11-4-5-11)9-15-8-10(2)7-13(15)16/h10-12,14H,3-9H2,1-2H3. The first-order valence-electron chi connectivity index (χ1n) is 6.72. The lowest BCUT2D eigenvalue weighted by Gasteiger charge is -2.25. The second-order valence-corrected chi connectivity index (χ2v) is 5.51. The number of rotatable bonds is 6. The third-order valence-corrected chi connectivity index (χ3v) is 3.67. The van der Waals surface area contributed by atoms with Gasteiger partial charge in [0.15, 0.2) is 0 Å². The van der Waals surface area contributed by atoms with Crippen molar-refractivity contribution < 1.29 is 4.79 Å². The molecule has 1 amide bonds. The van der Waals surface area contributed by atoms with Gasteiger partial charge in [0, 0.05) is 25.6 Å². The first kappa shape index (κ1) is 11.9. The largest absolute Gasteiger partial charge is 0.341 e. The van der Waals surface area contributed by atoms with Crippen LogP contribution in [0.4, 0.5) is 0 Å².